The van der Waals surface area contributed by atoms with Crippen LogP contribution < -0.4 is 0 Å². The van der Waals surface area contributed by atoms with Gasteiger partial charge in [0.15, 0.2) is 0 Å². The molecule has 2 heterocycles. The predicted octanol–water partition coefficient (Wildman–Crippen LogP) is -1.06. The number of imide groups is 1. The van der Waals surface area contributed by atoms with E-state index in [2.05, 4.69) is 0 Å². The maximum Gasteiger partial charge on any atom is 0.229 e. The van der Waals surface area contributed by atoms with Crippen molar-refractivity contribution in [3.05, 3.63) is 0 Å². The van der Waals surface area contributed by atoms with E-state index in [9.17, 15) is 24.9 Å². The number of nitrogens with zero attached hydrogens (tertiary/aromatic N) is 1. The van der Waals surface area contributed by atoms with Crippen LogP contribution >= 0.6 is 11.8 Å². The molecular weight excluding hydrogens is 298 g/mol. The van der Waals surface area contributed by atoms with Crippen LogP contribution in [0.3, 0.4) is 0 Å². The number of aliphatic hydroxyl groups excluding tert-OH is 3. The van der Waals surface area contributed by atoms with Crippen LogP contribution in [0.4, 0.5) is 0 Å². The lowest BCUT2D eigenvalue weighted by atomic mass is 9.92. The van der Waals surface area contributed by atoms with Crippen molar-refractivity contribution >= 4 is 23.6 Å². The maximum absolute atomic E-state index is 11.5. The predicted molar refractivity (Wildman–Crippen MR) is 75.3 cm³/mol. The lowest BCUT2D eigenvalue weighted by Gasteiger charge is -2.40. The average molecular weight is 319 g/mol. The van der Waals surface area contributed by atoms with Gasteiger partial charge in [0.2, 0.25) is 11.8 Å². The van der Waals surface area contributed by atoms with Gasteiger partial charge in [-0.25, -0.2) is 0 Å². The summed E-state index contributed by atoms with van der Waals surface area (Å²) in [6.07, 6.45) is -1.97. The van der Waals surface area contributed by atoms with Crippen LogP contribution in [0.25, 0.3) is 0 Å². The van der Waals surface area contributed by atoms with E-state index in [1.54, 1.807) is 6.92 Å². The fourth-order valence-corrected chi connectivity index (χ4v) is 3.73. The van der Waals surface area contributed by atoms with Crippen molar-refractivity contribution in [1.82, 2.24) is 4.90 Å². The standard InChI is InChI=1S/C13H21NO6S/c1-7-11(18)8(6-15)20-13(12(7)19)21-5-4-14-9(16)2-3-10(14)17/h7-8,11-13,15,18-19H,2-6H2,1H3. The summed E-state index contributed by atoms with van der Waals surface area (Å²) in [6, 6.07) is 0. The van der Waals surface area contributed by atoms with Gasteiger partial charge in [0.1, 0.15) is 11.5 Å². The maximum atomic E-state index is 11.5. The van der Waals surface area contributed by atoms with Crippen LogP contribution in [0.1, 0.15) is 19.8 Å². The van der Waals surface area contributed by atoms with Gasteiger partial charge in [0.05, 0.1) is 18.8 Å². The first-order chi connectivity index (χ1) is 9.95. The van der Waals surface area contributed by atoms with Gasteiger partial charge in [-0.2, -0.15) is 0 Å². The average Bonchev–Trinajstić information content (AvgIpc) is 2.79. The Balaban J connectivity index is 1.84. The smallest absolute Gasteiger partial charge is 0.229 e. The summed E-state index contributed by atoms with van der Waals surface area (Å²) in [5, 5.41) is 29.1. The highest BCUT2D eigenvalue weighted by atomic mass is 32.2. The van der Waals surface area contributed by atoms with Crippen LogP contribution in [0, 0.1) is 5.92 Å². The Kier molecular flexibility index (Phi) is 5.61. The molecule has 120 valence electrons. The SMILES string of the molecule is CC1C(O)C(CO)OC(SCCN2C(=O)CCC2=O)C1O. The number of ether oxygens (including phenoxy) is 1. The largest absolute Gasteiger partial charge is 0.394 e. The van der Waals surface area contributed by atoms with Crippen molar-refractivity contribution < 1.29 is 29.6 Å². The zero-order chi connectivity index (χ0) is 15.6. The molecule has 2 saturated heterocycles. The normalized spacial score (nSPS) is 37.3. The molecule has 0 saturated carbocycles. The topological polar surface area (TPSA) is 107 Å². The molecule has 0 radical (unpaired) electrons. The molecule has 21 heavy (non-hydrogen) atoms. The number of likely N-dealkylation sites (tertiary alicyclic amines) is 1. The zero-order valence-electron chi connectivity index (χ0n) is 11.8. The molecule has 0 aromatic heterocycles. The number of carbonyl (C=O) groups excluding carboxylic acids is 2. The fourth-order valence-electron chi connectivity index (χ4n) is 2.54. The van der Waals surface area contributed by atoms with E-state index < -0.39 is 29.7 Å². The first-order valence-corrected chi connectivity index (χ1v) is 8.07. The van der Waals surface area contributed by atoms with Crippen molar-refractivity contribution in [3.8, 4) is 0 Å². The molecule has 0 aromatic carbocycles. The van der Waals surface area contributed by atoms with Crippen LogP contribution in [0.2, 0.25) is 0 Å². The second-order valence-electron chi connectivity index (χ2n) is 5.38. The zero-order valence-corrected chi connectivity index (χ0v) is 12.7. The van der Waals surface area contributed by atoms with Gasteiger partial charge < -0.3 is 20.1 Å². The molecule has 0 aliphatic carbocycles. The molecular formula is C13H21NO6S. The molecule has 0 bridgehead atoms. The second-order valence-corrected chi connectivity index (χ2v) is 6.58. The minimum atomic E-state index is -0.913. The number of amides is 2. The Labute approximate surface area is 127 Å². The third kappa shape index (κ3) is 3.57. The molecule has 2 aliphatic rings. The van der Waals surface area contributed by atoms with Crippen LogP contribution in [0.15, 0.2) is 0 Å². The van der Waals surface area contributed by atoms with Crippen molar-refractivity contribution in [1.29, 1.82) is 0 Å². The Morgan fingerprint density at radius 2 is 1.86 bits per heavy atom. The van der Waals surface area contributed by atoms with Crippen LogP contribution in [-0.4, -0.2) is 74.7 Å². The quantitative estimate of drug-likeness (QED) is 0.555. The fraction of sp³-hybridized carbons (Fsp3) is 0.846. The minimum absolute atomic E-state index is 0.164. The molecule has 0 spiro atoms. The summed E-state index contributed by atoms with van der Waals surface area (Å²) in [6.45, 7) is 1.66. The lowest BCUT2D eigenvalue weighted by Crippen LogP contribution is -2.53. The van der Waals surface area contributed by atoms with Gasteiger partial charge in [-0.05, 0) is 0 Å². The Bertz CT molecular complexity index is 388. The number of aliphatic hydroxyl groups is 3. The van der Waals surface area contributed by atoms with Crippen molar-refractivity contribution in [3.63, 3.8) is 0 Å². The molecule has 2 fully saturated rings. The van der Waals surface area contributed by atoms with E-state index in [0.29, 0.717) is 5.75 Å². The van der Waals surface area contributed by atoms with Gasteiger partial charge in [-0.3, -0.25) is 14.5 Å². The minimum Gasteiger partial charge on any atom is -0.394 e. The molecule has 2 aliphatic heterocycles. The summed E-state index contributed by atoms with van der Waals surface area (Å²) < 4.78 is 5.47. The number of thioether (sulfide) groups is 1. The molecule has 0 aromatic rings. The molecule has 8 heteroatoms. The summed E-state index contributed by atoms with van der Waals surface area (Å²) in [7, 11) is 0. The number of hydrogen-bond acceptors (Lipinski definition) is 7. The highest BCUT2D eigenvalue weighted by Crippen LogP contribution is 2.32. The highest BCUT2D eigenvalue weighted by Gasteiger charge is 2.42. The Morgan fingerprint density at radius 1 is 1.24 bits per heavy atom. The molecule has 5 atom stereocenters. The van der Waals surface area contributed by atoms with Gasteiger partial charge in [0.25, 0.3) is 0 Å². The van der Waals surface area contributed by atoms with Crippen LogP contribution in [0.5, 0.6) is 0 Å². The van der Waals surface area contributed by atoms with Crippen molar-refractivity contribution in [2.24, 2.45) is 5.92 Å². The molecule has 7 nitrogen and oxygen atoms in total. The van der Waals surface area contributed by atoms with Gasteiger partial charge in [-0.15, -0.1) is 11.8 Å². The first-order valence-electron chi connectivity index (χ1n) is 7.03. The monoisotopic (exact) mass is 319 g/mol. The third-order valence-corrected chi connectivity index (χ3v) is 5.11. The molecule has 2 rings (SSSR count). The first kappa shape index (κ1) is 16.7. The van der Waals surface area contributed by atoms with Gasteiger partial charge in [-0.1, -0.05) is 6.92 Å². The Morgan fingerprint density at radius 3 is 2.43 bits per heavy atom. The van der Waals surface area contributed by atoms with Gasteiger partial charge >= 0.3 is 0 Å². The van der Waals surface area contributed by atoms with E-state index in [-0.39, 0.29) is 37.8 Å². The van der Waals surface area contributed by atoms with Gasteiger partial charge in [0, 0.05) is 31.1 Å². The van der Waals surface area contributed by atoms with E-state index in [1.807, 2.05) is 0 Å². The summed E-state index contributed by atoms with van der Waals surface area (Å²) in [5.41, 5.74) is -0.589. The molecule has 3 N–H and O–H groups in total. The summed E-state index contributed by atoms with van der Waals surface area (Å²) in [4.78, 5) is 24.2. The Hall–Kier alpha value is -0.670. The number of carbonyl (C=O) groups is 2. The second kappa shape index (κ2) is 7.06. The third-order valence-electron chi connectivity index (χ3n) is 3.98. The number of hydrogen-bond donors (Lipinski definition) is 3. The summed E-state index contributed by atoms with van der Waals surface area (Å²) >= 11 is 1.28. The van der Waals surface area contributed by atoms with E-state index >= 15 is 0 Å². The van der Waals surface area contributed by atoms with Crippen LogP contribution in [-0.2, 0) is 14.3 Å². The number of rotatable bonds is 5. The van der Waals surface area contributed by atoms with E-state index in [1.165, 1.54) is 16.7 Å². The highest BCUT2D eigenvalue weighted by molar-refractivity contribution is 7.99. The van der Waals surface area contributed by atoms with Crippen molar-refractivity contribution in [2.75, 3.05) is 18.9 Å². The van der Waals surface area contributed by atoms with Crippen molar-refractivity contribution in [2.45, 2.75) is 43.5 Å². The van der Waals surface area contributed by atoms with E-state index in [4.69, 9.17) is 4.74 Å². The summed E-state index contributed by atoms with van der Waals surface area (Å²) in [5.74, 6) is -0.297. The molecule has 5 unspecified atom stereocenters. The van der Waals surface area contributed by atoms with E-state index in [0.717, 1.165) is 0 Å². The lowest BCUT2D eigenvalue weighted by molar-refractivity contribution is -0.177. The molecule has 2 amide bonds.